The molecule has 1 amide bonds. The number of nitro groups is 1. The third kappa shape index (κ3) is 6.03. The van der Waals surface area contributed by atoms with E-state index >= 15 is 0 Å². The molecule has 0 atom stereocenters. The van der Waals surface area contributed by atoms with E-state index in [1.807, 2.05) is 0 Å². The van der Waals surface area contributed by atoms with Crippen molar-refractivity contribution >= 4 is 35.0 Å². The number of nitrogens with zero attached hydrogens (tertiary/aromatic N) is 1. The molecular formula is C17H14F2N2O5S. The van der Waals surface area contributed by atoms with Gasteiger partial charge in [-0.15, -0.1) is 0 Å². The van der Waals surface area contributed by atoms with Gasteiger partial charge in [0.2, 0.25) is 0 Å². The summed E-state index contributed by atoms with van der Waals surface area (Å²) in [6, 6.07) is 9.48. The summed E-state index contributed by atoms with van der Waals surface area (Å²) in [6.45, 7) is 0.917. The number of hydrogen-bond acceptors (Lipinski definition) is 6. The summed E-state index contributed by atoms with van der Waals surface area (Å²) >= 11 is 0.384. The normalized spacial score (nSPS) is 10.5. The van der Waals surface area contributed by atoms with Crippen molar-refractivity contribution in [3.05, 3.63) is 63.7 Å². The van der Waals surface area contributed by atoms with Crippen LogP contribution in [0.3, 0.4) is 0 Å². The lowest BCUT2D eigenvalue weighted by Crippen LogP contribution is -2.21. The Balaban J connectivity index is 1.88. The average Bonchev–Trinajstić information content (AvgIpc) is 2.60. The highest BCUT2D eigenvalue weighted by molar-refractivity contribution is 7.99. The van der Waals surface area contributed by atoms with Gasteiger partial charge in [0, 0.05) is 22.2 Å². The number of amides is 1. The number of rotatable bonds is 7. The van der Waals surface area contributed by atoms with Crippen molar-refractivity contribution in [1.29, 1.82) is 0 Å². The van der Waals surface area contributed by atoms with Gasteiger partial charge in [-0.25, -0.2) is 4.79 Å². The Morgan fingerprint density at radius 2 is 1.89 bits per heavy atom. The van der Waals surface area contributed by atoms with E-state index in [4.69, 9.17) is 4.74 Å². The largest absolute Gasteiger partial charge is 0.452 e. The van der Waals surface area contributed by atoms with Crippen LogP contribution in [-0.4, -0.2) is 29.2 Å². The molecule has 7 nitrogen and oxygen atoms in total. The monoisotopic (exact) mass is 396 g/mol. The number of aryl methyl sites for hydroxylation is 1. The molecular weight excluding hydrogens is 382 g/mol. The fourth-order valence-corrected chi connectivity index (χ4v) is 2.62. The van der Waals surface area contributed by atoms with Crippen molar-refractivity contribution in [2.24, 2.45) is 0 Å². The first kappa shape index (κ1) is 20.3. The van der Waals surface area contributed by atoms with E-state index in [1.165, 1.54) is 49.4 Å². The summed E-state index contributed by atoms with van der Waals surface area (Å²) in [7, 11) is 0. The van der Waals surface area contributed by atoms with E-state index in [0.717, 1.165) is 0 Å². The number of carbonyl (C=O) groups is 2. The lowest BCUT2D eigenvalue weighted by Gasteiger charge is -2.08. The molecule has 0 saturated carbocycles. The number of thioether (sulfide) groups is 1. The summed E-state index contributed by atoms with van der Waals surface area (Å²) in [5, 5.41) is 13.2. The Hall–Kier alpha value is -3.01. The Kier molecular flexibility index (Phi) is 6.83. The van der Waals surface area contributed by atoms with Crippen molar-refractivity contribution in [2.45, 2.75) is 17.6 Å². The van der Waals surface area contributed by atoms with Crippen LogP contribution >= 0.6 is 11.8 Å². The zero-order chi connectivity index (χ0) is 20.0. The lowest BCUT2D eigenvalue weighted by atomic mass is 10.1. The maximum Gasteiger partial charge on any atom is 0.338 e. The molecule has 0 fully saturated rings. The number of anilines is 1. The molecule has 10 heteroatoms. The lowest BCUT2D eigenvalue weighted by molar-refractivity contribution is -0.385. The molecule has 0 aliphatic carbocycles. The molecule has 2 rings (SSSR count). The van der Waals surface area contributed by atoms with Crippen molar-refractivity contribution in [2.75, 3.05) is 11.9 Å². The molecule has 0 aromatic heterocycles. The molecule has 142 valence electrons. The zero-order valence-corrected chi connectivity index (χ0v) is 14.8. The van der Waals surface area contributed by atoms with E-state index in [2.05, 4.69) is 5.32 Å². The van der Waals surface area contributed by atoms with Gasteiger partial charge in [0.25, 0.3) is 17.4 Å². The van der Waals surface area contributed by atoms with Gasteiger partial charge < -0.3 is 10.1 Å². The van der Waals surface area contributed by atoms with Crippen LogP contribution in [0.2, 0.25) is 0 Å². The van der Waals surface area contributed by atoms with Gasteiger partial charge in [-0.2, -0.15) is 8.78 Å². The van der Waals surface area contributed by atoms with Gasteiger partial charge in [0.15, 0.2) is 6.61 Å². The van der Waals surface area contributed by atoms with Crippen LogP contribution in [0.5, 0.6) is 0 Å². The highest BCUT2D eigenvalue weighted by atomic mass is 32.2. The number of nitro benzene ring substituents is 1. The first-order valence-electron chi connectivity index (χ1n) is 7.53. The van der Waals surface area contributed by atoms with Gasteiger partial charge in [-0.1, -0.05) is 11.8 Å². The zero-order valence-electron chi connectivity index (χ0n) is 14.0. The second kappa shape index (κ2) is 9.08. The second-order valence-electron chi connectivity index (χ2n) is 5.29. The minimum Gasteiger partial charge on any atom is -0.452 e. The maximum absolute atomic E-state index is 12.2. The Morgan fingerprint density at radius 1 is 1.22 bits per heavy atom. The third-order valence-electron chi connectivity index (χ3n) is 3.33. The molecule has 0 bridgehead atoms. The molecule has 0 unspecified atom stereocenters. The number of alkyl halides is 2. The Labute approximate surface area is 156 Å². The summed E-state index contributed by atoms with van der Waals surface area (Å²) in [5.41, 5.74) is 0.610. The van der Waals surface area contributed by atoms with Gasteiger partial charge in [-0.3, -0.25) is 14.9 Å². The Bertz CT molecular complexity index is 859. The number of carbonyl (C=O) groups excluding carboxylic acids is 2. The predicted octanol–water partition coefficient (Wildman–Crippen LogP) is 4.01. The van der Waals surface area contributed by atoms with Crippen LogP contribution in [-0.2, 0) is 9.53 Å². The van der Waals surface area contributed by atoms with Gasteiger partial charge in [0.1, 0.15) is 0 Å². The standard InChI is InChI=1S/C17H14F2N2O5S/c1-10-8-11(2-7-14(10)21(24)25)16(23)26-9-15(22)20-12-3-5-13(6-4-12)27-17(18)19/h2-8,17H,9H2,1H3,(H,20,22). The second-order valence-corrected chi connectivity index (χ2v) is 6.35. The fourth-order valence-electron chi connectivity index (χ4n) is 2.12. The molecule has 27 heavy (non-hydrogen) atoms. The van der Waals surface area contributed by atoms with Crippen LogP contribution < -0.4 is 5.32 Å². The van der Waals surface area contributed by atoms with E-state index in [0.29, 0.717) is 27.9 Å². The van der Waals surface area contributed by atoms with E-state index in [1.54, 1.807) is 0 Å². The summed E-state index contributed by atoms with van der Waals surface area (Å²) in [6.07, 6.45) is 0. The minimum atomic E-state index is -2.53. The molecule has 0 spiro atoms. The average molecular weight is 396 g/mol. The summed E-state index contributed by atoms with van der Waals surface area (Å²) in [4.78, 5) is 34.3. The third-order valence-corrected chi connectivity index (χ3v) is 4.05. The number of nitrogens with one attached hydrogen (secondary N) is 1. The van der Waals surface area contributed by atoms with Crippen molar-refractivity contribution < 1.29 is 28.0 Å². The first-order chi connectivity index (χ1) is 12.8. The summed E-state index contributed by atoms with van der Waals surface area (Å²) < 4.78 is 29.4. The van der Waals surface area contributed by atoms with Gasteiger partial charge in [0.05, 0.1) is 10.5 Å². The van der Waals surface area contributed by atoms with Crippen LogP contribution in [0, 0.1) is 17.0 Å². The van der Waals surface area contributed by atoms with Crippen molar-refractivity contribution in [3.63, 3.8) is 0 Å². The maximum atomic E-state index is 12.2. The molecule has 0 aliphatic rings. The number of halogens is 2. The number of esters is 1. The first-order valence-corrected chi connectivity index (χ1v) is 8.41. The molecule has 0 aliphatic heterocycles. The number of benzene rings is 2. The van der Waals surface area contributed by atoms with E-state index in [9.17, 15) is 28.5 Å². The van der Waals surface area contributed by atoms with E-state index in [-0.39, 0.29) is 11.3 Å². The van der Waals surface area contributed by atoms with Crippen molar-refractivity contribution in [3.8, 4) is 0 Å². The minimum absolute atomic E-state index is 0.0827. The topological polar surface area (TPSA) is 98.5 Å². The molecule has 2 aromatic carbocycles. The SMILES string of the molecule is Cc1cc(C(=O)OCC(=O)Nc2ccc(SC(F)F)cc2)ccc1[N+](=O)[O-]. The van der Waals surface area contributed by atoms with Crippen LogP contribution in [0.15, 0.2) is 47.4 Å². The number of hydrogen-bond donors (Lipinski definition) is 1. The molecule has 0 radical (unpaired) electrons. The fraction of sp³-hybridized carbons (Fsp3) is 0.176. The van der Waals surface area contributed by atoms with Crippen LogP contribution in [0.4, 0.5) is 20.2 Å². The summed E-state index contributed by atoms with van der Waals surface area (Å²) in [5.74, 6) is -3.95. The highest BCUT2D eigenvalue weighted by Crippen LogP contribution is 2.26. The van der Waals surface area contributed by atoms with Gasteiger partial charge in [-0.05, 0) is 43.3 Å². The van der Waals surface area contributed by atoms with Crippen LogP contribution in [0.1, 0.15) is 15.9 Å². The van der Waals surface area contributed by atoms with Gasteiger partial charge >= 0.3 is 5.97 Å². The highest BCUT2D eigenvalue weighted by Gasteiger charge is 2.16. The van der Waals surface area contributed by atoms with Crippen LogP contribution in [0.25, 0.3) is 0 Å². The molecule has 1 N–H and O–H groups in total. The molecule has 0 heterocycles. The smallest absolute Gasteiger partial charge is 0.338 e. The quantitative estimate of drug-likeness (QED) is 0.329. The van der Waals surface area contributed by atoms with E-state index < -0.39 is 29.2 Å². The predicted molar refractivity (Wildman–Crippen MR) is 95.0 cm³/mol. The number of ether oxygens (including phenoxy) is 1. The molecule has 0 saturated heterocycles. The van der Waals surface area contributed by atoms with Crippen molar-refractivity contribution in [1.82, 2.24) is 0 Å². The Morgan fingerprint density at radius 3 is 2.44 bits per heavy atom. The molecule has 2 aromatic rings.